The highest BCUT2D eigenvalue weighted by atomic mass is 32.1. The highest BCUT2D eigenvalue weighted by molar-refractivity contribution is 7.16. The van der Waals surface area contributed by atoms with Crippen molar-refractivity contribution < 1.29 is 9.53 Å². The molecule has 3 aromatic carbocycles. The van der Waals surface area contributed by atoms with Crippen molar-refractivity contribution in [1.29, 1.82) is 0 Å². The number of methoxy groups -OCH3 is 1. The van der Waals surface area contributed by atoms with Crippen molar-refractivity contribution in [1.82, 2.24) is 9.55 Å². The van der Waals surface area contributed by atoms with Crippen molar-refractivity contribution in [3.8, 4) is 17.0 Å². The molecule has 5 rings (SSSR count). The molecule has 152 valence electrons. The average Bonchev–Trinajstić information content (AvgIpc) is 3.14. The van der Waals surface area contributed by atoms with Crippen molar-refractivity contribution in [2.45, 2.75) is 0 Å². The zero-order valence-corrected chi connectivity index (χ0v) is 17.9. The molecule has 0 aliphatic carbocycles. The number of ether oxygens (including phenoxy) is 1. The molecule has 2 heterocycles. The highest BCUT2D eigenvalue weighted by Crippen LogP contribution is 2.27. The fourth-order valence-electron chi connectivity index (χ4n) is 3.70. The molecule has 0 aliphatic rings. The molecule has 0 fully saturated rings. The fourth-order valence-corrected chi connectivity index (χ4v) is 4.73. The third kappa shape index (κ3) is 3.41. The Labute approximate surface area is 182 Å². The normalized spacial score (nSPS) is 11.9. The molecular weight excluding hydrogens is 406 g/mol. The Morgan fingerprint density at radius 3 is 2.58 bits per heavy atom. The number of hydrogen-bond donors (Lipinski definition) is 0. The van der Waals surface area contributed by atoms with E-state index in [1.165, 1.54) is 11.3 Å². The fraction of sp³-hybridized carbons (Fsp3) is 0.0800. The van der Waals surface area contributed by atoms with Crippen molar-refractivity contribution >= 4 is 38.4 Å². The van der Waals surface area contributed by atoms with Crippen LogP contribution in [-0.4, -0.2) is 22.6 Å². The van der Waals surface area contributed by atoms with Crippen molar-refractivity contribution in [2.75, 3.05) is 7.11 Å². The summed E-state index contributed by atoms with van der Waals surface area (Å²) in [5.41, 5.74) is 3.93. The SMILES string of the molecule is COc1cccc2sc(=NC(=O)c3cc(-c4ccccc4)nc4ccccc34)n(C)c12. The lowest BCUT2D eigenvalue weighted by molar-refractivity contribution is 0.0999. The number of pyridine rings is 1. The maximum absolute atomic E-state index is 13.4. The van der Waals surface area contributed by atoms with Gasteiger partial charge in [-0.3, -0.25) is 4.79 Å². The predicted octanol–water partition coefficient (Wildman–Crippen LogP) is 5.20. The standard InChI is InChI=1S/C25H19N3O2S/c1-28-23-21(30-2)13-8-14-22(23)31-25(28)27-24(29)18-15-20(16-9-4-3-5-10-16)26-19-12-7-6-11-17(18)19/h3-15H,1-2H3. The lowest BCUT2D eigenvalue weighted by Gasteiger charge is -2.07. The number of nitrogens with zero attached hydrogens (tertiary/aromatic N) is 3. The van der Waals surface area contributed by atoms with E-state index >= 15 is 0 Å². The average molecular weight is 426 g/mol. The third-order valence-corrected chi connectivity index (χ3v) is 6.32. The molecule has 0 saturated heterocycles. The number of carbonyl (C=O) groups excluding carboxylic acids is 1. The first-order valence-corrected chi connectivity index (χ1v) is 10.6. The van der Waals surface area contributed by atoms with Gasteiger partial charge in [0.25, 0.3) is 5.91 Å². The highest BCUT2D eigenvalue weighted by Gasteiger charge is 2.15. The molecule has 1 amide bonds. The van der Waals surface area contributed by atoms with Crippen LogP contribution in [0.25, 0.3) is 32.4 Å². The second-order valence-electron chi connectivity index (χ2n) is 7.11. The maximum Gasteiger partial charge on any atom is 0.280 e. The van der Waals surface area contributed by atoms with Gasteiger partial charge in [-0.2, -0.15) is 4.99 Å². The van der Waals surface area contributed by atoms with Crippen LogP contribution in [0.3, 0.4) is 0 Å². The van der Waals surface area contributed by atoms with Gasteiger partial charge in [0, 0.05) is 18.0 Å². The number of carbonyl (C=O) groups is 1. The molecule has 0 atom stereocenters. The Bertz CT molecular complexity index is 1500. The van der Waals surface area contributed by atoms with Gasteiger partial charge < -0.3 is 9.30 Å². The summed E-state index contributed by atoms with van der Waals surface area (Å²) in [7, 11) is 3.54. The van der Waals surface area contributed by atoms with Gasteiger partial charge in [-0.05, 0) is 24.3 Å². The van der Waals surface area contributed by atoms with Gasteiger partial charge in [0.2, 0.25) is 0 Å². The van der Waals surface area contributed by atoms with E-state index in [4.69, 9.17) is 9.72 Å². The number of amides is 1. The lowest BCUT2D eigenvalue weighted by atomic mass is 10.0. The Balaban J connectivity index is 1.70. The van der Waals surface area contributed by atoms with E-state index in [1.807, 2.05) is 90.5 Å². The molecule has 2 aromatic heterocycles. The zero-order chi connectivity index (χ0) is 21.4. The number of aryl methyl sites for hydroxylation is 1. The summed E-state index contributed by atoms with van der Waals surface area (Å²) in [6.45, 7) is 0. The summed E-state index contributed by atoms with van der Waals surface area (Å²) >= 11 is 1.46. The number of rotatable bonds is 3. The molecule has 0 unspecified atom stereocenters. The van der Waals surface area contributed by atoms with Crippen LogP contribution in [0.2, 0.25) is 0 Å². The van der Waals surface area contributed by atoms with Crippen LogP contribution in [0.5, 0.6) is 5.75 Å². The molecule has 0 saturated carbocycles. The molecular formula is C25H19N3O2S. The van der Waals surface area contributed by atoms with Gasteiger partial charge >= 0.3 is 0 Å². The Hall–Kier alpha value is -3.77. The van der Waals surface area contributed by atoms with Crippen LogP contribution in [0, 0.1) is 0 Å². The van der Waals surface area contributed by atoms with Gasteiger partial charge in [-0.25, -0.2) is 4.98 Å². The van der Waals surface area contributed by atoms with E-state index in [0.717, 1.165) is 38.1 Å². The summed E-state index contributed by atoms with van der Waals surface area (Å²) in [5.74, 6) is 0.461. The second kappa shape index (κ2) is 7.81. The number of hydrogen-bond acceptors (Lipinski definition) is 4. The van der Waals surface area contributed by atoms with Crippen molar-refractivity contribution in [2.24, 2.45) is 12.0 Å². The Kier molecular flexibility index (Phi) is 4.84. The van der Waals surface area contributed by atoms with Gasteiger partial charge in [0.15, 0.2) is 4.80 Å². The van der Waals surface area contributed by atoms with Crippen LogP contribution < -0.4 is 9.54 Å². The van der Waals surface area contributed by atoms with E-state index in [2.05, 4.69) is 4.99 Å². The van der Waals surface area contributed by atoms with Gasteiger partial charge in [0.05, 0.1) is 28.6 Å². The van der Waals surface area contributed by atoms with Crippen molar-refractivity contribution in [3.05, 3.63) is 89.2 Å². The number of fused-ring (bicyclic) bond motifs is 2. The van der Waals surface area contributed by atoms with Crippen LogP contribution in [0.15, 0.2) is 83.9 Å². The molecule has 0 bridgehead atoms. The first-order chi connectivity index (χ1) is 15.2. The molecule has 5 aromatic rings. The molecule has 5 nitrogen and oxygen atoms in total. The van der Waals surface area contributed by atoms with Crippen LogP contribution in [0.4, 0.5) is 0 Å². The second-order valence-corrected chi connectivity index (χ2v) is 8.11. The van der Waals surface area contributed by atoms with Gasteiger partial charge in [-0.15, -0.1) is 0 Å². The zero-order valence-electron chi connectivity index (χ0n) is 17.1. The minimum absolute atomic E-state index is 0.295. The van der Waals surface area contributed by atoms with Gasteiger partial charge in [0.1, 0.15) is 11.3 Å². The Morgan fingerprint density at radius 1 is 1.00 bits per heavy atom. The first kappa shape index (κ1) is 19.2. The topological polar surface area (TPSA) is 56.5 Å². The monoisotopic (exact) mass is 425 g/mol. The van der Waals surface area contributed by atoms with E-state index in [-0.39, 0.29) is 5.91 Å². The van der Waals surface area contributed by atoms with E-state index in [0.29, 0.717) is 10.4 Å². The lowest BCUT2D eigenvalue weighted by Crippen LogP contribution is -2.14. The van der Waals surface area contributed by atoms with E-state index in [1.54, 1.807) is 7.11 Å². The third-order valence-electron chi connectivity index (χ3n) is 5.22. The van der Waals surface area contributed by atoms with Crippen LogP contribution in [-0.2, 0) is 7.05 Å². The summed E-state index contributed by atoms with van der Waals surface area (Å²) in [6, 6.07) is 25.2. The Morgan fingerprint density at radius 2 is 1.77 bits per heavy atom. The summed E-state index contributed by atoms with van der Waals surface area (Å²) < 4.78 is 8.40. The number of para-hydroxylation sites is 2. The molecule has 0 spiro atoms. The number of thiazole rings is 1. The molecule has 0 aliphatic heterocycles. The first-order valence-electron chi connectivity index (χ1n) is 9.82. The summed E-state index contributed by atoms with van der Waals surface area (Å²) in [6.07, 6.45) is 0. The van der Waals surface area contributed by atoms with E-state index in [9.17, 15) is 4.79 Å². The van der Waals surface area contributed by atoms with Gasteiger partial charge in [-0.1, -0.05) is 65.9 Å². The van der Waals surface area contributed by atoms with Crippen LogP contribution in [0.1, 0.15) is 10.4 Å². The summed E-state index contributed by atoms with van der Waals surface area (Å²) in [5, 5.41) is 0.789. The molecule has 31 heavy (non-hydrogen) atoms. The van der Waals surface area contributed by atoms with E-state index < -0.39 is 0 Å². The minimum atomic E-state index is -0.295. The molecule has 0 radical (unpaired) electrons. The number of benzene rings is 3. The van der Waals surface area contributed by atoms with Crippen LogP contribution >= 0.6 is 11.3 Å². The molecule has 0 N–H and O–H groups in total. The smallest absolute Gasteiger partial charge is 0.280 e. The minimum Gasteiger partial charge on any atom is -0.495 e. The largest absolute Gasteiger partial charge is 0.495 e. The molecule has 6 heteroatoms. The predicted molar refractivity (Wildman–Crippen MR) is 124 cm³/mol. The maximum atomic E-state index is 13.4. The number of aromatic nitrogens is 2. The summed E-state index contributed by atoms with van der Waals surface area (Å²) in [4.78, 5) is 23.2. The van der Waals surface area contributed by atoms with Crippen molar-refractivity contribution in [3.63, 3.8) is 0 Å². The quantitative estimate of drug-likeness (QED) is 0.399.